The first kappa shape index (κ1) is 26.9. The Hall–Kier alpha value is -2.19. The van der Waals surface area contributed by atoms with Crippen LogP contribution in [-0.4, -0.2) is 75.8 Å². The van der Waals surface area contributed by atoms with E-state index in [1.165, 1.54) is 23.6 Å². The molecule has 2 unspecified atom stereocenters. The third kappa shape index (κ3) is 6.57. The van der Waals surface area contributed by atoms with Gasteiger partial charge in [0.1, 0.15) is 0 Å². The number of H-pyrrole nitrogens is 1. The first-order chi connectivity index (χ1) is 17.5. The molecule has 1 fully saturated rings. The Bertz CT molecular complexity index is 1020. The lowest BCUT2D eigenvalue weighted by Crippen LogP contribution is -2.35. The number of nitrogens with one attached hydrogen (secondary N) is 1. The Kier molecular flexibility index (Phi) is 9.60. The van der Waals surface area contributed by atoms with Crippen molar-refractivity contribution in [2.75, 3.05) is 53.7 Å². The molecule has 2 aliphatic rings. The van der Waals surface area contributed by atoms with Crippen molar-refractivity contribution in [3.8, 4) is 0 Å². The van der Waals surface area contributed by atoms with Gasteiger partial charge in [0.2, 0.25) is 0 Å². The minimum Gasteiger partial charge on any atom is -0.469 e. The number of fused-ring (bicyclic) bond motifs is 3. The van der Waals surface area contributed by atoms with E-state index in [0.29, 0.717) is 26.2 Å². The fourth-order valence-electron chi connectivity index (χ4n) is 5.76. The van der Waals surface area contributed by atoms with E-state index in [-0.39, 0.29) is 30.0 Å². The van der Waals surface area contributed by atoms with Crippen molar-refractivity contribution < 1.29 is 23.7 Å². The number of aromatic nitrogens is 1. The number of esters is 1. The summed E-state index contributed by atoms with van der Waals surface area (Å²) in [5.74, 6) is -0.0256. The largest absolute Gasteiger partial charge is 0.469 e. The molecule has 4 rings (SSSR count). The van der Waals surface area contributed by atoms with E-state index >= 15 is 0 Å². The number of para-hydroxylation sites is 1. The van der Waals surface area contributed by atoms with Crippen LogP contribution < -0.4 is 0 Å². The maximum atomic E-state index is 13.2. The normalized spacial score (nSPS) is 22.4. The fourth-order valence-corrected chi connectivity index (χ4v) is 5.76. The smallest absolute Gasteiger partial charge is 0.314 e. The van der Waals surface area contributed by atoms with Crippen molar-refractivity contribution in [3.63, 3.8) is 0 Å². The number of allylic oxidation sites excluding steroid dienone is 1. The highest BCUT2D eigenvalue weighted by Gasteiger charge is 2.35. The number of hydrogen-bond donors (Lipinski definition) is 1. The van der Waals surface area contributed by atoms with Crippen molar-refractivity contribution in [1.82, 2.24) is 9.88 Å². The standard InChI is InChI=1S/C29H42N2O5/c1-20(2)9-12-31-13-10-24-23-7-5-6-8-26(23)30-27(24)25(28(32)34-4)18-21(19-31)17-22(11-14-33-3)29-35-15-16-36-29/h5-9,21-22,25,29-30H,10-19H2,1-4H3/t21-,22?,25?/m1/s1. The summed E-state index contributed by atoms with van der Waals surface area (Å²) in [4.78, 5) is 19.3. The second-order valence-electron chi connectivity index (χ2n) is 10.4. The number of carbonyl (C=O) groups is 1. The fraction of sp³-hybridized carbons (Fsp3) is 0.621. The third-order valence-corrected chi connectivity index (χ3v) is 7.56. The second kappa shape index (κ2) is 12.9. The lowest BCUT2D eigenvalue weighted by atomic mass is 9.83. The van der Waals surface area contributed by atoms with E-state index in [9.17, 15) is 4.79 Å². The number of methoxy groups -OCH3 is 2. The Morgan fingerprint density at radius 1 is 1.22 bits per heavy atom. The van der Waals surface area contributed by atoms with E-state index in [1.54, 1.807) is 7.11 Å². The first-order valence-corrected chi connectivity index (χ1v) is 13.2. The highest BCUT2D eigenvalue weighted by molar-refractivity contribution is 5.88. The van der Waals surface area contributed by atoms with Crippen molar-refractivity contribution >= 4 is 16.9 Å². The average Bonchev–Trinajstić information content (AvgIpc) is 3.54. The zero-order chi connectivity index (χ0) is 25.5. The van der Waals surface area contributed by atoms with E-state index in [0.717, 1.165) is 50.1 Å². The van der Waals surface area contributed by atoms with Gasteiger partial charge >= 0.3 is 5.97 Å². The molecule has 3 atom stereocenters. The molecule has 2 aliphatic heterocycles. The lowest BCUT2D eigenvalue weighted by molar-refractivity contribution is -0.143. The van der Waals surface area contributed by atoms with E-state index in [1.807, 2.05) is 6.07 Å². The number of nitrogens with zero attached hydrogens (tertiary/aromatic N) is 1. The molecule has 36 heavy (non-hydrogen) atoms. The Balaban J connectivity index is 1.69. The highest BCUT2D eigenvalue weighted by Crippen LogP contribution is 2.37. The van der Waals surface area contributed by atoms with Crippen molar-refractivity contribution in [3.05, 3.63) is 47.2 Å². The van der Waals surface area contributed by atoms with Crippen LogP contribution in [0.4, 0.5) is 0 Å². The summed E-state index contributed by atoms with van der Waals surface area (Å²) in [6.45, 7) is 8.97. The van der Waals surface area contributed by atoms with Gasteiger partial charge in [-0.25, -0.2) is 0 Å². The van der Waals surface area contributed by atoms with Gasteiger partial charge in [0, 0.05) is 55.9 Å². The van der Waals surface area contributed by atoms with Crippen molar-refractivity contribution in [2.45, 2.75) is 51.7 Å². The molecule has 1 saturated heterocycles. The van der Waals surface area contributed by atoms with Crippen LogP contribution >= 0.6 is 0 Å². The lowest BCUT2D eigenvalue weighted by Gasteiger charge is -2.31. The van der Waals surface area contributed by atoms with Gasteiger partial charge in [-0.1, -0.05) is 29.8 Å². The molecule has 0 spiro atoms. The Morgan fingerprint density at radius 2 is 2.00 bits per heavy atom. The highest BCUT2D eigenvalue weighted by atomic mass is 16.7. The molecule has 7 heteroatoms. The van der Waals surface area contributed by atoms with Gasteiger partial charge in [0.05, 0.1) is 26.2 Å². The van der Waals surface area contributed by atoms with Crippen LogP contribution in [0.5, 0.6) is 0 Å². The maximum absolute atomic E-state index is 13.2. The number of benzene rings is 1. The topological polar surface area (TPSA) is 73.0 Å². The van der Waals surface area contributed by atoms with Crippen molar-refractivity contribution in [2.24, 2.45) is 11.8 Å². The predicted molar refractivity (Wildman–Crippen MR) is 141 cm³/mol. The Labute approximate surface area is 215 Å². The minimum absolute atomic E-state index is 0.174. The number of aromatic amines is 1. The number of carbonyl (C=O) groups excluding carboxylic acids is 1. The summed E-state index contributed by atoms with van der Waals surface area (Å²) >= 11 is 0. The average molecular weight is 499 g/mol. The summed E-state index contributed by atoms with van der Waals surface area (Å²) in [7, 11) is 3.23. The molecule has 0 aliphatic carbocycles. The van der Waals surface area contributed by atoms with Crippen LogP contribution in [0.2, 0.25) is 0 Å². The summed E-state index contributed by atoms with van der Waals surface area (Å²) in [6, 6.07) is 8.36. The molecule has 1 aromatic carbocycles. The van der Waals surface area contributed by atoms with Crippen LogP contribution in [-0.2, 0) is 30.2 Å². The molecule has 0 radical (unpaired) electrons. The van der Waals surface area contributed by atoms with Gasteiger partial charge in [-0.05, 0) is 57.1 Å². The summed E-state index contributed by atoms with van der Waals surface area (Å²) in [5, 5.41) is 1.20. The van der Waals surface area contributed by atoms with Crippen molar-refractivity contribution in [1.29, 1.82) is 0 Å². The van der Waals surface area contributed by atoms with Crippen LogP contribution in [0.15, 0.2) is 35.9 Å². The zero-order valence-electron chi connectivity index (χ0n) is 22.3. The molecule has 1 aromatic heterocycles. The molecule has 7 nitrogen and oxygen atoms in total. The summed E-state index contributed by atoms with van der Waals surface area (Å²) in [6.07, 6.45) is 5.47. The van der Waals surface area contributed by atoms with Crippen LogP contribution in [0.3, 0.4) is 0 Å². The maximum Gasteiger partial charge on any atom is 0.314 e. The molecular formula is C29H42N2O5. The third-order valence-electron chi connectivity index (χ3n) is 7.56. The van der Waals surface area contributed by atoms with Gasteiger partial charge < -0.3 is 23.9 Å². The molecule has 198 valence electrons. The van der Waals surface area contributed by atoms with Gasteiger partial charge in [-0.15, -0.1) is 0 Å². The van der Waals surface area contributed by atoms with E-state index in [2.05, 4.69) is 48.0 Å². The summed E-state index contributed by atoms with van der Waals surface area (Å²) < 4.78 is 22.6. The molecule has 0 saturated carbocycles. The van der Waals surface area contributed by atoms with Crippen LogP contribution in [0.25, 0.3) is 10.9 Å². The molecule has 3 heterocycles. The monoisotopic (exact) mass is 498 g/mol. The number of hydrogen-bond acceptors (Lipinski definition) is 6. The van der Waals surface area contributed by atoms with Gasteiger partial charge in [-0.3, -0.25) is 9.69 Å². The molecular weight excluding hydrogens is 456 g/mol. The zero-order valence-corrected chi connectivity index (χ0v) is 22.3. The predicted octanol–water partition coefficient (Wildman–Crippen LogP) is 4.67. The molecule has 1 N–H and O–H groups in total. The molecule has 0 amide bonds. The molecule has 0 bridgehead atoms. The molecule has 2 aromatic rings. The summed E-state index contributed by atoms with van der Waals surface area (Å²) in [5.41, 5.74) is 4.65. The van der Waals surface area contributed by atoms with Crippen LogP contribution in [0.1, 0.15) is 50.3 Å². The second-order valence-corrected chi connectivity index (χ2v) is 10.4. The Morgan fingerprint density at radius 3 is 2.72 bits per heavy atom. The van der Waals surface area contributed by atoms with Gasteiger partial charge in [-0.2, -0.15) is 0 Å². The quantitative estimate of drug-likeness (QED) is 0.400. The van der Waals surface area contributed by atoms with Gasteiger partial charge in [0.15, 0.2) is 6.29 Å². The van der Waals surface area contributed by atoms with E-state index < -0.39 is 0 Å². The van der Waals surface area contributed by atoms with E-state index in [4.69, 9.17) is 18.9 Å². The minimum atomic E-state index is -0.334. The van der Waals surface area contributed by atoms with Gasteiger partial charge in [0.25, 0.3) is 0 Å². The number of rotatable bonds is 9. The first-order valence-electron chi connectivity index (χ1n) is 13.2. The SMILES string of the molecule is COCCC(C[C@@H]1CC(C(=O)OC)c2[nH]c3ccccc3c2CCN(CC=C(C)C)C1)C1OCCO1. The van der Waals surface area contributed by atoms with Crippen LogP contribution in [0, 0.1) is 11.8 Å². The number of ether oxygens (including phenoxy) is 4.